The maximum absolute atomic E-state index is 5.79. The lowest BCUT2D eigenvalue weighted by molar-refractivity contribution is 0.398. The molecule has 1 aromatic carbocycles. The second kappa shape index (κ2) is 5.89. The predicted octanol–water partition coefficient (Wildman–Crippen LogP) is 2.45. The molecule has 2 atom stereocenters. The van der Waals surface area contributed by atoms with Gasteiger partial charge in [-0.15, -0.1) is 11.8 Å². The van der Waals surface area contributed by atoms with Crippen LogP contribution < -0.4 is 11.1 Å². The molecule has 0 bridgehead atoms. The van der Waals surface area contributed by atoms with Gasteiger partial charge in [0.05, 0.1) is 0 Å². The summed E-state index contributed by atoms with van der Waals surface area (Å²) >= 11 is 1.97. The van der Waals surface area contributed by atoms with Gasteiger partial charge in [-0.1, -0.05) is 32.0 Å². The molecule has 1 aliphatic rings. The third-order valence-corrected chi connectivity index (χ3v) is 4.74. The van der Waals surface area contributed by atoms with Crippen molar-refractivity contribution in [2.75, 3.05) is 18.8 Å². The van der Waals surface area contributed by atoms with Crippen molar-refractivity contribution < 1.29 is 0 Å². The van der Waals surface area contributed by atoms with Crippen molar-refractivity contribution in [1.82, 2.24) is 5.32 Å². The highest BCUT2D eigenvalue weighted by molar-refractivity contribution is 7.99. The summed E-state index contributed by atoms with van der Waals surface area (Å²) in [6, 6.07) is 9.18. The summed E-state index contributed by atoms with van der Waals surface area (Å²) < 4.78 is 0. The van der Waals surface area contributed by atoms with E-state index in [1.165, 1.54) is 16.2 Å². The van der Waals surface area contributed by atoms with E-state index in [0.717, 1.165) is 13.1 Å². The Morgan fingerprint density at radius 3 is 2.88 bits per heavy atom. The molecule has 17 heavy (non-hydrogen) atoms. The van der Waals surface area contributed by atoms with E-state index in [1.54, 1.807) is 0 Å². The Kier molecular flexibility index (Phi) is 4.48. The van der Waals surface area contributed by atoms with Gasteiger partial charge in [0.25, 0.3) is 0 Å². The predicted molar refractivity (Wildman–Crippen MR) is 75.6 cm³/mol. The molecule has 1 aliphatic heterocycles. The van der Waals surface area contributed by atoms with E-state index < -0.39 is 0 Å². The van der Waals surface area contributed by atoms with Crippen molar-refractivity contribution in [1.29, 1.82) is 0 Å². The molecule has 2 unspecified atom stereocenters. The topological polar surface area (TPSA) is 38.0 Å². The Morgan fingerprint density at radius 2 is 2.18 bits per heavy atom. The molecule has 94 valence electrons. The van der Waals surface area contributed by atoms with Gasteiger partial charge in [0.1, 0.15) is 0 Å². The fraction of sp³-hybridized carbons (Fsp3) is 0.571. The highest BCUT2D eigenvalue weighted by Crippen LogP contribution is 2.38. The fourth-order valence-electron chi connectivity index (χ4n) is 2.28. The Hall–Kier alpha value is -0.510. The SMILES string of the molecule is CC(C)C(CN)NCC1CSc2ccccc21. The highest BCUT2D eigenvalue weighted by Gasteiger charge is 2.23. The molecule has 0 aromatic heterocycles. The minimum absolute atomic E-state index is 0.438. The van der Waals surface area contributed by atoms with Crippen LogP contribution in [0.4, 0.5) is 0 Å². The fourth-order valence-corrected chi connectivity index (χ4v) is 3.54. The molecular formula is C14H22N2S. The van der Waals surface area contributed by atoms with Gasteiger partial charge >= 0.3 is 0 Å². The molecule has 2 nitrogen and oxygen atoms in total. The van der Waals surface area contributed by atoms with Crippen molar-refractivity contribution in [2.24, 2.45) is 11.7 Å². The van der Waals surface area contributed by atoms with Gasteiger partial charge in [-0.3, -0.25) is 0 Å². The van der Waals surface area contributed by atoms with Crippen LogP contribution in [0.3, 0.4) is 0 Å². The molecule has 2 rings (SSSR count). The summed E-state index contributed by atoms with van der Waals surface area (Å²) in [5.74, 6) is 2.44. The number of hydrogen-bond acceptors (Lipinski definition) is 3. The van der Waals surface area contributed by atoms with Gasteiger partial charge < -0.3 is 11.1 Å². The lowest BCUT2D eigenvalue weighted by Gasteiger charge is -2.22. The van der Waals surface area contributed by atoms with Crippen LogP contribution in [0.2, 0.25) is 0 Å². The Morgan fingerprint density at radius 1 is 1.41 bits per heavy atom. The van der Waals surface area contributed by atoms with Crippen molar-refractivity contribution >= 4 is 11.8 Å². The summed E-state index contributed by atoms with van der Waals surface area (Å²) in [6.45, 7) is 6.22. The van der Waals surface area contributed by atoms with Crippen LogP contribution in [0.5, 0.6) is 0 Å². The van der Waals surface area contributed by atoms with Crippen LogP contribution in [0, 0.1) is 5.92 Å². The molecule has 3 N–H and O–H groups in total. The first-order chi connectivity index (χ1) is 8.22. The molecule has 3 heteroatoms. The molecular weight excluding hydrogens is 228 g/mol. The molecule has 0 amide bonds. The number of benzene rings is 1. The van der Waals surface area contributed by atoms with Gasteiger partial charge in [0.2, 0.25) is 0 Å². The number of nitrogens with one attached hydrogen (secondary N) is 1. The Bertz CT molecular complexity index is 365. The third-order valence-electron chi connectivity index (χ3n) is 3.48. The Balaban J connectivity index is 1.93. The normalized spacial score (nSPS) is 20.6. The van der Waals surface area contributed by atoms with Gasteiger partial charge in [-0.2, -0.15) is 0 Å². The zero-order chi connectivity index (χ0) is 12.3. The maximum atomic E-state index is 5.79. The second-order valence-electron chi connectivity index (χ2n) is 5.04. The monoisotopic (exact) mass is 250 g/mol. The van der Waals surface area contributed by atoms with Crippen LogP contribution in [-0.4, -0.2) is 24.9 Å². The lowest BCUT2D eigenvalue weighted by atomic mass is 9.99. The van der Waals surface area contributed by atoms with E-state index in [2.05, 4.69) is 43.4 Å². The van der Waals surface area contributed by atoms with Crippen molar-refractivity contribution in [3.63, 3.8) is 0 Å². The zero-order valence-electron chi connectivity index (χ0n) is 10.6. The number of thioether (sulfide) groups is 1. The molecule has 0 spiro atoms. The van der Waals surface area contributed by atoms with Crippen LogP contribution in [-0.2, 0) is 0 Å². The first-order valence-corrected chi connectivity index (χ1v) is 7.36. The maximum Gasteiger partial charge on any atom is 0.0213 e. The molecule has 0 saturated heterocycles. The molecule has 0 radical (unpaired) electrons. The van der Waals surface area contributed by atoms with Crippen molar-refractivity contribution in [3.8, 4) is 0 Å². The van der Waals surface area contributed by atoms with E-state index >= 15 is 0 Å². The summed E-state index contributed by atoms with van der Waals surface area (Å²) in [5.41, 5.74) is 7.29. The van der Waals surface area contributed by atoms with Crippen LogP contribution >= 0.6 is 11.8 Å². The summed E-state index contributed by atoms with van der Waals surface area (Å²) in [7, 11) is 0. The number of rotatable bonds is 5. The first kappa shape index (κ1) is 12.9. The van der Waals surface area contributed by atoms with Crippen LogP contribution in [0.25, 0.3) is 0 Å². The first-order valence-electron chi connectivity index (χ1n) is 6.37. The molecule has 0 fully saturated rings. The summed E-state index contributed by atoms with van der Waals surface area (Å²) in [6.07, 6.45) is 0. The van der Waals surface area contributed by atoms with Gasteiger partial charge in [-0.25, -0.2) is 0 Å². The lowest BCUT2D eigenvalue weighted by Crippen LogP contribution is -2.42. The quantitative estimate of drug-likeness (QED) is 0.843. The average molecular weight is 250 g/mol. The summed E-state index contributed by atoms with van der Waals surface area (Å²) in [4.78, 5) is 1.45. The van der Waals surface area contributed by atoms with E-state index in [-0.39, 0.29) is 0 Å². The molecule has 1 aromatic rings. The molecule has 0 saturated carbocycles. The third kappa shape index (κ3) is 3.03. The number of hydrogen-bond donors (Lipinski definition) is 2. The average Bonchev–Trinajstić information content (AvgIpc) is 2.73. The zero-order valence-corrected chi connectivity index (χ0v) is 11.5. The van der Waals surface area contributed by atoms with Crippen LogP contribution in [0.1, 0.15) is 25.3 Å². The molecule has 1 heterocycles. The van der Waals surface area contributed by atoms with E-state index in [4.69, 9.17) is 5.73 Å². The largest absolute Gasteiger partial charge is 0.329 e. The van der Waals surface area contributed by atoms with Gasteiger partial charge in [0.15, 0.2) is 0 Å². The van der Waals surface area contributed by atoms with Crippen molar-refractivity contribution in [3.05, 3.63) is 29.8 Å². The van der Waals surface area contributed by atoms with E-state index in [9.17, 15) is 0 Å². The smallest absolute Gasteiger partial charge is 0.0213 e. The second-order valence-corrected chi connectivity index (χ2v) is 6.10. The summed E-state index contributed by atoms with van der Waals surface area (Å²) in [5, 5.41) is 3.61. The standard InChI is InChI=1S/C14H22N2S/c1-10(2)13(7-15)16-8-11-9-17-14-6-4-3-5-12(11)14/h3-6,10-11,13,16H,7-9,15H2,1-2H3. The molecule has 0 aliphatic carbocycles. The van der Waals surface area contributed by atoms with E-state index in [0.29, 0.717) is 17.9 Å². The minimum Gasteiger partial charge on any atom is -0.329 e. The minimum atomic E-state index is 0.438. The van der Waals surface area contributed by atoms with Crippen molar-refractivity contribution in [2.45, 2.75) is 30.7 Å². The van der Waals surface area contributed by atoms with E-state index in [1.807, 2.05) is 11.8 Å². The highest BCUT2D eigenvalue weighted by atomic mass is 32.2. The Labute approximate surface area is 108 Å². The number of fused-ring (bicyclic) bond motifs is 1. The van der Waals surface area contributed by atoms with Gasteiger partial charge in [0, 0.05) is 35.7 Å². The number of nitrogens with two attached hydrogens (primary N) is 1. The van der Waals surface area contributed by atoms with Crippen LogP contribution in [0.15, 0.2) is 29.2 Å². The van der Waals surface area contributed by atoms with Gasteiger partial charge in [-0.05, 0) is 17.5 Å².